The molecule has 0 saturated heterocycles. The van der Waals surface area contributed by atoms with Crippen molar-refractivity contribution in [1.82, 2.24) is 9.97 Å². The lowest BCUT2D eigenvalue weighted by Crippen LogP contribution is -2.10. The zero-order valence-electron chi connectivity index (χ0n) is 20.3. The standard InChI is InChI=1S/C32H23Br2N3O/c33-22-11-13-27-25(17-22)24(20-7-3-1-4-8-20)19-29(36-27)31-30(21-9-5-2-6-10-21)26-18-23(34)12-14-28(26)37-32(31)35-15-16-38/h1-14,17-19,38H,15-16H2,(H,35,37). The summed E-state index contributed by atoms with van der Waals surface area (Å²) in [6.45, 7) is 0.372. The molecule has 0 aliphatic rings. The van der Waals surface area contributed by atoms with Crippen LogP contribution < -0.4 is 5.32 Å². The van der Waals surface area contributed by atoms with Crippen molar-refractivity contribution in [2.24, 2.45) is 0 Å². The lowest BCUT2D eigenvalue weighted by atomic mass is 9.91. The second-order valence-corrected chi connectivity index (χ2v) is 10.8. The molecule has 0 radical (unpaired) electrons. The Hall–Kier alpha value is -3.58. The van der Waals surface area contributed by atoms with Crippen LogP contribution in [0.3, 0.4) is 0 Å². The molecule has 0 aliphatic carbocycles. The number of aliphatic hydroxyl groups is 1. The van der Waals surface area contributed by atoms with Gasteiger partial charge in [-0.2, -0.15) is 0 Å². The van der Waals surface area contributed by atoms with Crippen molar-refractivity contribution in [3.8, 4) is 33.5 Å². The van der Waals surface area contributed by atoms with E-state index >= 15 is 0 Å². The zero-order chi connectivity index (χ0) is 26.1. The van der Waals surface area contributed by atoms with Gasteiger partial charge >= 0.3 is 0 Å². The number of anilines is 1. The fourth-order valence-corrected chi connectivity index (χ4v) is 5.60. The Morgan fingerprint density at radius 1 is 0.632 bits per heavy atom. The first-order chi connectivity index (χ1) is 18.6. The van der Waals surface area contributed by atoms with Crippen molar-refractivity contribution in [2.75, 3.05) is 18.5 Å². The van der Waals surface area contributed by atoms with Crippen molar-refractivity contribution in [3.05, 3.63) is 112 Å². The van der Waals surface area contributed by atoms with Crippen LogP contribution in [0.4, 0.5) is 5.82 Å². The summed E-state index contributed by atoms with van der Waals surface area (Å²) in [5, 5.41) is 15.1. The fraction of sp³-hybridized carbons (Fsp3) is 0.0625. The van der Waals surface area contributed by atoms with Crippen LogP contribution >= 0.6 is 31.9 Å². The van der Waals surface area contributed by atoms with Gasteiger partial charge in [-0.05, 0) is 59.2 Å². The highest BCUT2D eigenvalue weighted by molar-refractivity contribution is 9.10. The molecule has 38 heavy (non-hydrogen) atoms. The minimum atomic E-state index is -0.00535. The molecule has 0 atom stereocenters. The fourth-order valence-electron chi connectivity index (χ4n) is 4.87. The van der Waals surface area contributed by atoms with Gasteiger partial charge in [-0.1, -0.05) is 92.5 Å². The highest BCUT2D eigenvalue weighted by atomic mass is 79.9. The molecule has 0 bridgehead atoms. The minimum absolute atomic E-state index is 0.00535. The Bertz CT molecular complexity index is 1770. The molecular weight excluding hydrogens is 602 g/mol. The first kappa shape index (κ1) is 24.7. The number of aromatic nitrogens is 2. The molecular formula is C32H23Br2N3O. The van der Waals surface area contributed by atoms with E-state index < -0.39 is 0 Å². The van der Waals surface area contributed by atoms with Gasteiger partial charge in [0.1, 0.15) is 5.82 Å². The third-order valence-corrected chi connectivity index (χ3v) is 7.51. The lowest BCUT2D eigenvalue weighted by molar-refractivity contribution is 0.311. The third kappa shape index (κ3) is 4.71. The number of nitrogens with one attached hydrogen (secondary N) is 1. The predicted octanol–water partition coefficient (Wildman–Crippen LogP) is 8.71. The van der Waals surface area contributed by atoms with Crippen molar-refractivity contribution in [2.45, 2.75) is 0 Å². The smallest absolute Gasteiger partial charge is 0.136 e. The van der Waals surface area contributed by atoms with E-state index in [0.29, 0.717) is 12.4 Å². The number of pyridine rings is 2. The van der Waals surface area contributed by atoms with Crippen LogP contribution in [0.5, 0.6) is 0 Å². The average molecular weight is 625 g/mol. The van der Waals surface area contributed by atoms with Gasteiger partial charge in [0.15, 0.2) is 0 Å². The molecule has 0 fully saturated rings. The minimum Gasteiger partial charge on any atom is -0.395 e. The Kier molecular flexibility index (Phi) is 6.94. The molecule has 4 aromatic carbocycles. The first-order valence-electron chi connectivity index (χ1n) is 12.3. The molecule has 6 rings (SSSR count). The van der Waals surface area contributed by atoms with Crippen LogP contribution in [0.2, 0.25) is 0 Å². The van der Waals surface area contributed by atoms with Gasteiger partial charge in [0, 0.05) is 31.8 Å². The number of rotatable bonds is 6. The molecule has 6 heteroatoms. The van der Waals surface area contributed by atoms with Gasteiger partial charge in [-0.15, -0.1) is 0 Å². The quantitative estimate of drug-likeness (QED) is 0.195. The van der Waals surface area contributed by atoms with Gasteiger partial charge in [-0.3, -0.25) is 0 Å². The summed E-state index contributed by atoms with van der Waals surface area (Å²) in [4.78, 5) is 10.2. The largest absolute Gasteiger partial charge is 0.395 e. The summed E-state index contributed by atoms with van der Waals surface area (Å²) < 4.78 is 1.98. The third-order valence-electron chi connectivity index (χ3n) is 6.53. The number of aliphatic hydroxyl groups excluding tert-OH is 1. The monoisotopic (exact) mass is 623 g/mol. The van der Waals surface area contributed by atoms with E-state index in [1.54, 1.807) is 0 Å². The first-order valence-corrected chi connectivity index (χ1v) is 13.9. The molecule has 0 saturated carbocycles. The molecule has 4 nitrogen and oxygen atoms in total. The highest BCUT2D eigenvalue weighted by Gasteiger charge is 2.21. The number of benzene rings is 4. The molecule has 0 aliphatic heterocycles. The number of fused-ring (bicyclic) bond motifs is 2. The topological polar surface area (TPSA) is 58.0 Å². The Labute approximate surface area is 237 Å². The average Bonchev–Trinajstić information content (AvgIpc) is 2.95. The van der Waals surface area contributed by atoms with E-state index in [-0.39, 0.29) is 6.61 Å². The number of hydrogen-bond acceptors (Lipinski definition) is 4. The maximum Gasteiger partial charge on any atom is 0.136 e. The normalized spacial score (nSPS) is 11.2. The predicted molar refractivity (Wildman–Crippen MR) is 164 cm³/mol. The van der Waals surface area contributed by atoms with Crippen molar-refractivity contribution in [1.29, 1.82) is 0 Å². The summed E-state index contributed by atoms with van der Waals surface area (Å²) in [5.74, 6) is 0.690. The number of nitrogens with zero attached hydrogens (tertiary/aromatic N) is 2. The van der Waals surface area contributed by atoms with Crippen molar-refractivity contribution < 1.29 is 5.11 Å². The van der Waals surface area contributed by atoms with E-state index in [4.69, 9.17) is 9.97 Å². The lowest BCUT2D eigenvalue weighted by Gasteiger charge is -2.20. The molecule has 2 aromatic heterocycles. The number of halogens is 2. The van der Waals surface area contributed by atoms with Crippen LogP contribution in [-0.2, 0) is 0 Å². The number of hydrogen-bond donors (Lipinski definition) is 2. The van der Waals surface area contributed by atoms with Crippen LogP contribution in [-0.4, -0.2) is 28.2 Å². The maximum atomic E-state index is 9.67. The SMILES string of the molecule is OCCNc1nc2ccc(Br)cc2c(-c2ccccc2)c1-c1cc(-c2ccccc2)c2cc(Br)ccc2n1. The van der Waals surface area contributed by atoms with Gasteiger partial charge in [-0.25, -0.2) is 9.97 Å². The van der Waals surface area contributed by atoms with Gasteiger partial charge < -0.3 is 10.4 Å². The van der Waals surface area contributed by atoms with Gasteiger partial charge in [0.05, 0.1) is 28.9 Å². The van der Waals surface area contributed by atoms with Crippen LogP contribution in [0.1, 0.15) is 0 Å². The molecule has 6 aromatic rings. The summed E-state index contributed by atoms with van der Waals surface area (Å²) in [5.41, 5.74) is 7.79. The van der Waals surface area contributed by atoms with E-state index in [9.17, 15) is 5.11 Å². The van der Waals surface area contributed by atoms with E-state index in [1.165, 1.54) is 0 Å². The van der Waals surface area contributed by atoms with Gasteiger partial charge in [0.2, 0.25) is 0 Å². The van der Waals surface area contributed by atoms with Crippen LogP contribution in [0.25, 0.3) is 55.3 Å². The van der Waals surface area contributed by atoms with Gasteiger partial charge in [0.25, 0.3) is 0 Å². The van der Waals surface area contributed by atoms with Crippen LogP contribution in [0.15, 0.2) is 112 Å². The molecule has 2 N–H and O–H groups in total. The molecule has 0 unspecified atom stereocenters. The summed E-state index contributed by atoms with van der Waals surface area (Å²) in [6, 6.07) is 35.2. The summed E-state index contributed by atoms with van der Waals surface area (Å²) >= 11 is 7.31. The Balaban J connectivity index is 1.75. The van der Waals surface area contributed by atoms with E-state index in [0.717, 1.165) is 64.3 Å². The molecule has 0 amide bonds. The summed E-state index contributed by atoms with van der Waals surface area (Å²) in [6.07, 6.45) is 0. The second kappa shape index (κ2) is 10.7. The Morgan fingerprint density at radius 3 is 1.89 bits per heavy atom. The maximum absolute atomic E-state index is 9.67. The molecule has 186 valence electrons. The zero-order valence-corrected chi connectivity index (χ0v) is 23.5. The van der Waals surface area contributed by atoms with Crippen molar-refractivity contribution >= 4 is 59.5 Å². The van der Waals surface area contributed by atoms with Crippen molar-refractivity contribution in [3.63, 3.8) is 0 Å². The van der Waals surface area contributed by atoms with E-state index in [1.807, 2.05) is 48.5 Å². The second-order valence-electron chi connectivity index (χ2n) is 8.97. The highest BCUT2D eigenvalue weighted by Crippen LogP contribution is 2.44. The molecule has 2 heterocycles. The van der Waals surface area contributed by atoms with E-state index in [2.05, 4.69) is 91.8 Å². The summed E-state index contributed by atoms with van der Waals surface area (Å²) in [7, 11) is 0. The molecule has 0 spiro atoms. The Morgan fingerprint density at radius 2 is 1.24 bits per heavy atom. The van der Waals surface area contributed by atoms with Crippen LogP contribution in [0, 0.1) is 0 Å².